The van der Waals surface area contributed by atoms with Gasteiger partial charge in [0.15, 0.2) is 0 Å². The van der Waals surface area contributed by atoms with Gasteiger partial charge in [-0.25, -0.2) is 0 Å². The zero-order valence-corrected chi connectivity index (χ0v) is 7.19. The molecule has 0 radical (unpaired) electrons. The molecule has 8 heteroatoms. The van der Waals surface area contributed by atoms with Gasteiger partial charge in [-0.2, -0.15) is 0 Å². The van der Waals surface area contributed by atoms with Crippen LogP contribution in [0.5, 0.6) is 5.75 Å². The molecule has 6 nitrogen and oxygen atoms in total. The summed E-state index contributed by atoms with van der Waals surface area (Å²) in [6, 6.07) is 8.59. The summed E-state index contributed by atoms with van der Waals surface area (Å²) in [5, 5.41) is 38.2. The average Bonchev–Trinajstić information content (AvgIpc) is 2.03. The fourth-order valence-electron chi connectivity index (χ4n) is 0.621. The smallest absolute Gasteiger partial charge is 0.512 e. The van der Waals surface area contributed by atoms with E-state index in [0.29, 0.717) is 5.75 Å². The number of para-hydroxylation sites is 1. The van der Waals surface area contributed by atoms with Crippen LogP contribution >= 0.6 is 0 Å². The lowest BCUT2D eigenvalue weighted by atomic mass is 10.2. The first kappa shape index (κ1) is 12.9. The number of benzene rings is 1. The van der Waals surface area contributed by atoms with E-state index in [1.807, 2.05) is 6.07 Å². The summed E-state index contributed by atoms with van der Waals surface area (Å²) in [6.45, 7) is 0. The van der Waals surface area contributed by atoms with E-state index in [4.69, 9.17) is 25.1 Å². The van der Waals surface area contributed by atoms with E-state index < -0.39 is 14.6 Å². The third kappa shape index (κ3) is 9.04. The highest BCUT2D eigenvalue weighted by atomic mass is 16.6. The Morgan fingerprint density at radius 3 is 1.64 bits per heavy atom. The van der Waals surface area contributed by atoms with E-state index in [2.05, 4.69) is 4.65 Å². The summed E-state index contributed by atoms with van der Waals surface area (Å²) < 4.78 is 4.53. The summed E-state index contributed by atoms with van der Waals surface area (Å²) in [6.07, 6.45) is 0. The van der Waals surface area contributed by atoms with E-state index in [-0.39, 0.29) is 0 Å². The summed E-state index contributed by atoms with van der Waals surface area (Å²) in [5.74, 6) is 0.442. The van der Waals surface area contributed by atoms with Crippen LogP contribution in [0, 0.1) is 0 Å². The molecular weight excluding hydrogens is 190 g/mol. The average molecular weight is 200 g/mol. The molecule has 0 unspecified atom stereocenters. The van der Waals surface area contributed by atoms with Crippen molar-refractivity contribution in [3.05, 3.63) is 30.3 Å². The molecule has 0 aliphatic heterocycles. The van der Waals surface area contributed by atoms with E-state index in [1.54, 1.807) is 24.3 Å². The quantitative estimate of drug-likeness (QED) is 0.352. The lowest BCUT2D eigenvalue weighted by Crippen LogP contribution is -2.20. The Labute approximate surface area is 81.4 Å². The van der Waals surface area contributed by atoms with Crippen LogP contribution in [0.15, 0.2) is 30.3 Å². The van der Waals surface area contributed by atoms with Crippen molar-refractivity contribution < 1.29 is 29.8 Å². The molecule has 0 heterocycles. The Hall–Kier alpha value is -1.05. The Morgan fingerprint density at radius 1 is 0.857 bits per heavy atom. The van der Waals surface area contributed by atoms with Gasteiger partial charge in [0.2, 0.25) is 0 Å². The SMILES string of the molecule is OB(O)O.OB(O)Oc1ccccc1. The minimum atomic E-state index is -2.17. The summed E-state index contributed by atoms with van der Waals surface area (Å²) in [7, 11) is -3.90. The van der Waals surface area contributed by atoms with Gasteiger partial charge in [-0.05, 0) is 12.1 Å². The van der Waals surface area contributed by atoms with Gasteiger partial charge in [0, 0.05) is 0 Å². The van der Waals surface area contributed by atoms with Crippen molar-refractivity contribution in [1.82, 2.24) is 0 Å². The summed E-state index contributed by atoms with van der Waals surface area (Å²) >= 11 is 0. The van der Waals surface area contributed by atoms with Crippen molar-refractivity contribution in [3.63, 3.8) is 0 Å². The third-order valence-electron chi connectivity index (χ3n) is 0.985. The molecule has 0 amide bonds. The van der Waals surface area contributed by atoms with Crippen LogP contribution in [0.1, 0.15) is 0 Å². The highest BCUT2D eigenvalue weighted by Crippen LogP contribution is 2.07. The van der Waals surface area contributed by atoms with E-state index in [9.17, 15) is 0 Å². The largest absolute Gasteiger partial charge is 0.707 e. The highest BCUT2D eigenvalue weighted by molar-refractivity contribution is 6.33. The topological polar surface area (TPSA) is 110 Å². The molecule has 1 rings (SSSR count). The minimum absolute atomic E-state index is 0.442. The maximum absolute atomic E-state index is 8.34. The highest BCUT2D eigenvalue weighted by Gasteiger charge is 2.09. The molecule has 0 aliphatic rings. The minimum Gasteiger partial charge on any atom is -0.512 e. The van der Waals surface area contributed by atoms with Crippen LogP contribution in [-0.4, -0.2) is 39.8 Å². The molecule has 14 heavy (non-hydrogen) atoms. The number of hydrogen-bond donors (Lipinski definition) is 5. The maximum atomic E-state index is 8.34. The molecule has 1 aromatic rings. The zero-order chi connectivity index (χ0) is 11.0. The van der Waals surface area contributed by atoms with Gasteiger partial charge < -0.3 is 29.8 Å². The van der Waals surface area contributed by atoms with Crippen molar-refractivity contribution in [1.29, 1.82) is 0 Å². The fourth-order valence-corrected chi connectivity index (χ4v) is 0.621. The van der Waals surface area contributed by atoms with Crippen molar-refractivity contribution in [2.24, 2.45) is 0 Å². The first-order chi connectivity index (χ1) is 6.52. The lowest BCUT2D eigenvalue weighted by Gasteiger charge is -2.01. The van der Waals surface area contributed by atoms with E-state index in [0.717, 1.165) is 0 Å². The Bertz CT molecular complexity index is 226. The predicted octanol–water partition coefficient (Wildman–Crippen LogP) is -2.02. The van der Waals surface area contributed by atoms with E-state index >= 15 is 0 Å². The Morgan fingerprint density at radius 2 is 1.29 bits per heavy atom. The lowest BCUT2D eigenvalue weighted by molar-refractivity contribution is 0.278. The first-order valence-corrected chi connectivity index (χ1v) is 3.64. The molecule has 0 atom stereocenters. The number of hydrogen-bond acceptors (Lipinski definition) is 6. The molecule has 0 aromatic heterocycles. The van der Waals surface area contributed by atoms with Crippen LogP contribution in [0.4, 0.5) is 0 Å². The monoisotopic (exact) mass is 200 g/mol. The van der Waals surface area contributed by atoms with Gasteiger partial charge in [0.05, 0.1) is 0 Å². The van der Waals surface area contributed by atoms with Crippen LogP contribution in [0.3, 0.4) is 0 Å². The van der Waals surface area contributed by atoms with Crippen molar-refractivity contribution in [2.75, 3.05) is 0 Å². The second kappa shape index (κ2) is 7.36. The summed E-state index contributed by atoms with van der Waals surface area (Å²) in [5.41, 5.74) is 0. The maximum Gasteiger partial charge on any atom is 0.707 e. The molecular formula is C6H10B2O6. The second-order valence-electron chi connectivity index (χ2n) is 2.10. The van der Waals surface area contributed by atoms with Gasteiger partial charge in [-0.1, -0.05) is 18.2 Å². The van der Waals surface area contributed by atoms with Gasteiger partial charge in [0.1, 0.15) is 5.75 Å². The molecule has 0 saturated heterocycles. The predicted molar refractivity (Wildman–Crippen MR) is 49.7 cm³/mol. The van der Waals surface area contributed by atoms with Crippen molar-refractivity contribution >= 4 is 14.6 Å². The molecule has 0 aliphatic carbocycles. The zero-order valence-electron chi connectivity index (χ0n) is 7.19. The molecule has 5 N–H and O–H groups in total. The second-order valence-corrected chi connectivity index (χ2v) is 2.10. The normalized spacial score (nSPS) is 8.36. The van der Waals surface area contributed by atoms with Gasteiger partial charge in [-0.3, -0.25) is 0 Å². The molecule has 0 saturated carbocycles. The van der Waals surface area contributed by atoms with E-state index in [1.165, 1.54) is 0 Å². The van der Waals surface area contributed by atoms with Gasteiger partial charge >= 0.3 is 14.6 Å². The van der Waals surface area contributed by atoms with Crippen LogP contribution in [-0.2, 0) is 0 Å². The molecule has 76 valence electrons. The van der Waals surface area contributed by atoms with Crippen molar-refractivity contribution in [2.45, 2.75) is 0 Å². The Kier molecular flexibility index (Phi) is 6.81. The fraction of sp³-hybridized carbons (Fsp3) is 0. The van der Waals surface area contributed by atoms with Crippen LogP contribution in [0.2, 0.25) is 0 Å². The number of rotatable bonds is 2. The van der Waals surface area contributed by atoms with Gasteiger partial charge in [-0.15, -0.1) is 0 Å². The summed E-state index contributed by atoms with van der Waals surface area (Å²) in [4.78, 5) is 0. The van der Waals surface area contributed by atoms with Gasteiger partial charge in [0.25, 0.3) is 0 Å². The first-order valence-electron chi connectivity index (χ1n) is 3.64. The standard InChI is InChI=1S/C6H7BO3.BH3O3/c8-7(9)10-6-4-2-1-3-5-6;2-1(3)4/h1-5,8-9H;2-4H. The third-order valence-corrected chi connectivity index (χ3v) is 0.985. The molecule has 0 fully saturated rings. The van der Waals surface area contributed by atoms with Crippen LogP contribution < -0.4 is 4.65 Å². The molecule has 1 aromatic carbocycles. The molecule has 0 spiro atoms. The molecule has 0 bridgehead atoms. The Balaban J connectivity index is 0.000000364. The van der Waals surface area contributed by atoms with Crippen molar-refractivity contribution in [3.8, 4) is 5.75 Å². The van der Waals surface area contributed by atoms with Crippen LogP contribution in [0.25, 0.3) is 0 Å².